The summed E-state index contributed by atoms with van der Waals surface area (Å²) in [5.41, 5.74) is 0.658. The highest BCUT2D eigenvalue weighted by molar-refractivity contribution is 5.83. The largest absolute Gasteiger partial charge is 0.480 e. The lowest BCUT2D eigenvalue weighted by Gasteiger charge is -2.37. The summed E-state index contributed by atoms with van der Waals surface area (Å²) in [5.74, 6) is -1.08. The normalized spacial score (nSPS) is 23.6. The smallest absolute Gasteiger partial charge is 0.326 e. The number of hydrogen-bond acceptors (Lipinski definition) is 4. The van der Waals surface area contributed by atoms with Gasteiger partial charge < -0.3 is 25.0 Å². The number of amides is 2. The van der Waals surface area contributed by atoms with Crippen LogP contribution in [0.15, 0.2) is 12.5 Å². The third-order valence-electron chi connectivity index (χ3n) is 3.44. The molecule has 1 saturated heterocycles. The molecule has 1 aliphatic heterocycles. The van der Waals surface area contributed by atoms with Gasteiger partial charge in [0.05, 0.1) is 25.1 Å². The number of nitrogens with one attached hydrogen (secondary N) is 2. The lowest BCUT2D eigenvalue weighted by atomic mass is 10.1. The molecule has 116 valence electrons. The molecule has 1 aromatic heterocycles. The predicted molar refractivity (Wildman–Crippen MR) is 73.8 cm³/mol. The molecular formula is C13H20N4O4. The fourth-order valence-electron chi connectivity index (χ4n) is 2.23. The summed E-state index contributed by atoms with van der Waals surface area (Å²) in [4.78, 5) is 31.8. The zero-order valence-corrected chi connectivity index (χ0v) is 12.1. The molecule has 21 heavy (non-hydrogen) atoms. The standard InChI is InChI=1S/C13H20N4O4/c1-8-6-21-9(2)5-17(8)13(20)16-11(12(18)19)3-10-4-14-7-15-10/h4,7-9,11H,3,5-6H2,1-2H3,(H,14,15)(H,16,20)(H,18,19). The van der Waals surface area contributed by atoms with Crippen molar-refractivity contribution in [2.24, 2.45) is 0 Å². The number of carboxylic acid groups (broad SMARTS) is 1. The number of carboxylic acids is 1. The van der Waals surface area contributed by atoms with Crippen molar-refractivity contribution in [2.75, 3.05) is 13.2 Å². The maximum Gasteiger partial charge on any atom is 0.326 e. The number of rotatable bonds is 4. The van der Waals surface area contributed by atoms with Crippen molar-refractivity contribution in [2.45, 2.75) is 38.5 Å². The highest BCUT2D eigenvalue weighted by Gasteiger charge is 2.30. The Morgan fingerprint density at radius 1 is 1.62 bits per heavy atom. The molecule has 8 nitrogen and oxygen atoms in total. The van der Waals surface area contributed by atoms with Gasteiger partial charge in [-0.05, 0) is 13.8 Å². The number of aromatic amines is 1. The quantitative estimate of drug-likeness (QED) is 0.737. The first-order valence-corrected chi connectivity index (χ1v) is 6.86. The third-order valence-corrected chi connectivity index (χ3v) is 3.44. The average Bonchev–Trinajstić information content (AvgIpc) is 2.93. The number of aliphatic carboxylic acids is 1. The van der Waals surface area contributed by atoms with Gasteiger partial charge in [0.15, 0.2) is 0 Å². The van der Waals surface area contributed by atoms with Gasteiger partial charge in [-0.25, -0.2) is 14.6 Å². The lowest BCUT2D eigenvalue weighted by molar-refractivity contribution is -0.139. The van der Waals surface area contributed by atoms with Crippen molar-refractivity contribution in [3.05, 3.63) is 18.2 Å². The summed E-state index contributed by atoms with van der Waals surface area (Å²) in [7, 11) is 0. The molecule has 0 aromatic carbocycles. The molecule has 2 rings (SSSR count). The van der Waals surface area contributed by atoms with Crippen molar-refractivity contribution in [1.82, 2.24) is 20.2 Å². The van der Waals surface area contributed by atoms with Gasteiger partial charge in [0.1, 0.15) is 6.04 Å². The van der Waals surface area contributed by atoms with E-state index in [1.54, 1.807) is 11.1 Å². The first-order chi connectivity index (χ1) is 9.97. The van der Waals surface area contributed by atoms with Crippen LogP contribution in [0, 0.1) is 0 Å². The van der Waals surface area contributed by atoms with E-state index in [0.29, 0.717) is 18.8 Å². The molecule has 1 aliphatic rings. The topological polar surface area (TPSA) is 108 Å². The summed E-state index contributed by atoms with van der Waals surface area (Å²) in [6, 6.07) is -1.46. The first kappa shape index (κ1) is 15.3. The van der Waals surface area contributed by atoms with Crippen LogP contribution >= 0.6 is 0 Å². The minimum atomic E-state index is -1.08. The summed E-state index contributed by atoms with van der Waals surface area (Å²) in [6.07, 6.45) is 3.13. The minimum absolute atomic E-state index is 0.0529. The molecule has 0 bridgehead atoms. The molecule has 8 heteroatoms. The Labute approximate surface area is 122 Å². The van der Waals surface area contributed by atoms with Gasteiger partial charge in [-0.1, -0.05) is 0 Å². The van der Waals surface area contributed by atoms with Crippen LogP contribution < -0.4 is 5.32 Å². The van der Waals surface area contributed by atoms with E-state index in [4.69, 9.17) is 4.74 Å². The molecule has 3 N–H and O–H groups in total. The molecule has 2 heterocycles. The second kappa shape index (κ2) is 6.57. The lowest BCUT2D eigenvalue weighted by Crippen LogP contribution is -2.56. The van der Waals surface area contributed by atoms with E-state index in [9.17, 15) is 14.7 Å². The number of imidazole rings is 1. The van der Waals surface area contributed by atoms with E-state index in [1.165, 1.54) is 6.33 Å². The van der Waals surface area contributed by atoms with E-state index in [1.807, 2.05) is 13.8 Å². The molecule has 0 radical (unpaired) electrons. The van der Waals surface area contributed by atoms with Crippen LogP contribution in [-0.4, -0.2) is 63.3 Å². The number of H-pyrrole nitrogens is 1. The zero-order valence-electron chi connectivity index (χ0n) is 12.1. The average molecular weight is 296 g/mol. The zero-order chi connectivity index (χ0) is 15.4. The van der Waals surface area contributed by atoms with Crippen LogP contribution in [0.5, 0.6) is 0 Å². The predicted octanol–water partition coefficient (Wildman–Crippen LogP) is 0.224. The van der Waals surface area contributed by atoms with Crippen molar-refractivity contribution in [3.8, 4) is 0 Å². The van der Waals surface area contributed by atoms with Gasteiger partial charge in [-0.15, -0.1) is 0 Å². The summed E-state index contributed by atoms with van der Waals surface area (Å²) >= 11 is 0. The van der Waals surface area contributed by atoms with Gasteiger partial charge in [0, 0.05) is 24.9 Å². The van der Waals surface area contributed by atoms with Gasteiger partial charge >= 0.3 is 12.0 Å². The molecule has 0 spiro atoms. The van der Waals surface area contributed by atoms with E-state index in [2.05, 4.69) is 15.3 Å². The highest BCUT2D eigenvalue weighted by atomic mass is 16.5. The molecule has 1 aromatic rings. The monoisotopic (exact) mass is 296 g/mol. The third kappa shape index (κ3) is 3.94. The van der Waals surface area contributed by atoms with Crippen LogP contribution in [0.3, 0.4) is 0 Å². The molecule has 2 amide bonds. The Balaban J connectivity index is 1.99. The fourth-order valence-corrected chi connectivity index (χ4v) is 2.23. The summed E-state index contributed by atoms with van der Waals surface area (Å²) < 4.78 is 5.46. The molecular weight excluding hydrogens is 276 g/mol. The Morgan fingerprint density at radius 3 is 3.00 bits per heavy atom. The van der Waals surface area contributed by atoms with Gasteiger partial charge in [-0.2, -0.15) is 0 Å². The molecule has 3 unspecified atom stereocenters. The van der Waals surface area contributed by atoms with Crippen molar-refractivity contribution in [3.63, 3.8) is 0 Å². The second-order valence-electron chi connectivity index (χ2n) is 5.27. The number of morpholine rings is 1. The van der Waals surface area contributed by atoms with Crippen molar-refractivity contribution < 1.29 is 19.4 Å². The maximum atomic E-state index is 12.3. The summed E-state index contributed by atoms with van der Waals surface area (Å²) in [5, 5.41) is 11.8. The second-order valence-corrected chi connectivity index (χ2v) is 5.27. The number of carbonyl (C=O) groups excluding carboxylic acids is 1. The van der Waals surface area contributed by atoms with Crippen molar-refractivity contribution in [1.29, 1.82) is 0 Å². The van der Waals surface area contributed by atoms with Crippen LogP contribution in [0.4, 0.5) is 4.79 Å². The van der Waals surface area contributed by atoms with E-state index in [0.717, 1.165) is 0 Å². The molecule has 1 fully saturated rings. The molecule has 0 saturated carbocycles. The molecule has 3 atom stereocenters. The number of nitrogens with zero attached hydrogens (tertiary/aromatic N) is 2. The van der Waals surface area contributed by atoms with Gasteiger partial charge in [0.25, 0.3) is 0 Å². The van der Waals surface area contributed by atoms with Gasteiger partial charge in [-0.3, -0.25) is 0 Å². The Hall–Kier alpha value is -2.09. The Morgan fingerprint density at radius 2 is 2.38 bits per heavy atom. The molecule has 0 aliphatic carbocycles. The van der Waals surface area contributed by atoms with E-state index < -0.39 is 12.0 Å². The number of hydrogen-bond donors (Lipinski definition) is 3. The number of ether oxygens (including phenoxy) is 1. The van der Waals surface area contributed by atoms with Crippen molar-refractivity contribution >= 4 is 12.0 Å². The number of aromatic nitrogens is 2. The minimum Gasteiger partial charge on any atom is -0.480 e. The summed E-state index contributed by atoms with van der Waals surface area (Å²) in [6.45, 7) is 4.65. The van der Waals surface area contributed by atoms with Crippen LogP contribution in [-0.2, 0) is 16.0 Å². The van der Waals surface area contributed by atoms with Crippen LogP contribution in [0.2, 0.25) is 0 Å². The fraction of sp³-hybridized carbons (Fsp3) is 0.615. The Kier molecular flexibility index (Phi) is 4.79. The maximum absolute atomic E-state index is 12.3. The highest BCUT2D eigenvalue weighted by Crippen LogP contribution is 2.12. The number of urea groups is 1. The number of carbonyl (C=O) groups is 2. The van der Waals surface area contributed by atoms with Crippen LogP contribution in [0.1, 0.15) is 19.5 Å². The van der Waals surface area contributed by atoms with E-state index >= 15 is 0 Å². The van der Waals surface area contributed by atoms with E-state index in [-0.39, 0.29) is 24.6 Å². The first-order valence-electron chi connectivity index (χ1n) is 6.86. The van der Waals surface area contributed by atoms with Crippen LogP contribution in [0.25, 0.3) is 0 Å². The Bertz CT molecular complexity index is 490. The van der Waals surface area contributed by atoms with Gasteiger partial charge in [0.2, 0.25) is 0 Å². The SMILES string of the molecule is CC1CN(C(=O)NC(Cc2cnc[nH]2)C(=O)O)C(C)CO1.